The lowest BCUT2D eigenvalue weighted by atomic mass is 10.2. The zero-order valence-corrected chi connectivity index (χ0v) is 17.0. The molecule has 1 aliphatic heterocycles. The smallest absolute Gasteiger partial charge is 0.244 e. The molecule has 0 aliphatic carbocycles. The molecule has 26 heavy (non-hydrogen) atoms. The molecule has 140 valence electrons. The fraction of sp³-hybridized carbons (Fsp3) is 0.368. The molecule has 2 aromatic carbocycles. The predicted octanol–water partition coefficient (Wildman–Crippen LogP) is 4.96. The normalized spacial score (nSPS) is 18.2. The number of hydrogen-bond donors (Lipinski definition) is 0. The Morgan fingerprint density at radius 1 is 1.19 bits per heavy atom. The molecule has 7 heteroatoms. The Hall–Kier alpha value is -1.21. The Bertz CT molecular complexity index is 840. The van der Waals surface area contributed by atoms with Crippen LogP contribution in [-0.2, 0) is 10.0 Å². The van der Waals surface area contributed by atoms with Gasteiger partial charge in [0.1, 0.15) is 5.75 Å². The summed E-state index contributed by atoms with van der Waals surface area (Å²) in [5, 5.41) is 0.293. The second-order valence-corrected chi connectivity index (χ2v) is 9.52. The summed E-state index contributed by atoms with van der Waals surface area (Å²) >= 11 is 7.89. The van der Waals surface area contributed by atoms with Crippen molar-refractivity contribution in [1.29, 1.82) is 0 Å². The Morgan fingerprint density at radius 2 is 1.92 bits per heavy atom. The lowest BCUT2D eigenvalue weighted by Crippen LogP contribution is -2.30. The van der Waals surface area contributed by atoms with Gasteiger partial charge in [0.25, 0.3) is 0 Å². The number of benzene rings is 2. The monoisotopic (exact) mass is 411 g/mol. The van der Waals surface area contributed by atoms with Gasteiger partial charge >= 0.3 is 0 Å². The minimum atomic E-state index is -3.60. The third kappa shape index (κ3) is 4.19. The van der Waals surface area contributed by atoms with Crippen LogP contribution >= 0.6 is 23.4 Å². The quantitative estimate of drug-likeness (QED) is 0.604. The molecule has 0 aromatic heterocycles. The van der Waals surface area contributed by atoms with E-state index in [9.17, 15) is 8.42 Å². The first-order chi connectivity index (χ1) is 12.5. The van der Waals surface area contributed by atoms with Gasteiger partial charge in [-0.15, -0.1) is 11.8 Å². The fourth-order valence-corrected chi connectivity index (χ4v) is 6.37. The summed E-state index contributed by atoms with van der Waals surface area (Å²) in [5.41, 5.74) is 0.833. The molecular weight excluding hydrogens is 390 g/mol. The number of thioether (sulfide) groups is 1. The van der Waals surface area contributed by atoms with Crippen molar-refractivity contribution in [3.63, 3.8) is 0 Å². The van der Waals surface area contributed by atoms with E-state index in [4.69, 9.17) is 16.3 Å². The fourth-order valence-electron chi connectivity index (χ4n) is 2.80. The molecule has 4 nitrogen and oxygen atoms in total. The zero-order valence-electron chi connectivity index (χ0n) is 14.6. The van der Waals surface area contributed by atoms with Gasteiger partial charge in [-0.3, -0.25) is 0 Å². The first-order valence-electron chi connectivity index (χ1n) is 8.65. The molecule has 3 rings (SSSR count). The number of nitrogens with zero attached hydrogens (tertiary/aromatic N) is 1. The number of unbranched alkanes of at least 4 members (excludes halogenated alkanes) is 1. The zero-order chi connectivity index (χ0) is 18.6. The van der Waals surface area contributed by atoms with Crippen LogP contribution in [0.5, 0.6) is 5.75 Å². The highest BCUT2D eigenvalue weighted by molar-refractivity contribution is 8.01. The number of sulfonamides is 1. The lowest BCUT2D eigenvalue weighted by molar-refractivity contribution is 0.309. The van der Waals surface area contributed by atoms with Crippen molar-refractivity contribution in [1.82, 2.24) is 4.31 Å². The largest absolute Gasteiger partial charge is 0.494 e. The van der Waals surface area contributed by atoms with Crippen molar-refractivity contribution in [3.8, 4) is 5.75 Å². The first kappa shape index (κ1) is 19.5. The van der Waals surface area contributed by atoms with E-state index in [0.717, 1.165) is 24.2 Å². The van der Waals surface area contributed by atoms with Crippen molar-refractivity contribution in [2.45, 2.75) is 30.0 Å². The number of ether oxygens (including phenoxy) is 1. The van der Waals surface area contributed by atoms with Gasteiger partial charge in [0.05, 0.1) is 16.9 Å². The van der Waals surface area contributed by atoms with Gasteiger partial charge in [-0.2, -0.15) is 4.31 Å². The van der Waals surface area contributed by atoms with E-state index in [1.54, 1.807) is 42.1 Å². The highest BCUT2D eigenvalue weighted by Gasteiger charge is 2.37. The van der Waals surface area contributed by atoms with E-state index in [1.165, 1.54) is 4.31 Å². The minimum Gasteiger partial charge on any atom is -0.494 e. The molecule has 1 fully saturated rings. The Balaban J connectivity index is 1.81. The molecule has 0 bridgehead atoms. The van der Waals surface area contributed by atoms with E-state index in [0.29, 0.717) is 23.9 Å². The van der Waals surface area contributed by atoms with Crippen LogP contribution in [0.25, 0.3) is 0 Å². The average molecular weight is 412 g/mol. The van der Waals surface area contributed by atoms with E-state index in [1.807, 2.05) is 18.2 Å². The SMILES string of the molecule is CCCCOc1ccc(S(=O)(=O)N2CCSC2c2ccccc2Cl)cc1. The van der Waals surface area contributed by atoms with Crippen LogP contribution in [-0.4, -0.2) is 31.6 Å². The molecule has 0 radical (unpaired) electrons. The standard InChI is InChI=1S/C19H22ClNO3S2/c1-2-3-13-24-15-8-10-16(11-9-15)26(22,23)21-12-14-25-19(21)17-6-4-5-7-18(17)20/h4-11,19H,2-3,12-14H2,1H3. The van der Waals surface area contributed by atoms with Gasteiger partial charge in [-0.05, 0) is 42.3 Å². The van der Waals surface area contributed by atoms with Gasteiger partial charge < -0.3 is 4.74 Å². The Morgan fingerprint density at radius 3 is 2.62 bits per heavy atom. The molecule has 0 spiro atoms. The second-order valence-electron chi connectivity index (χ2n) is 6.03. The summed E-state index contributed by atoms with van der Waals surface area (Å²) in [6, 6.07) is 14.1. The first-order valence-corrected chi connectivity index (χ1v) is 11.5. The van der Waals surface area contributed by atoms with Crippen molar-refractivity contribution >= 4 is 33.4 Å². The van der Waals surface area contributed by atoms with Crippen LogP contribution in [0.2, 0.25) is 5.02 Å². The summed E-state index contributed by atoms with van der Waals surface area (Å²) in [4.78, 5) is 0.278. The van der Waals surface area contributed by atoms with E-state index >= 15 is 0 Å². The summed E-state index contributed by atoms with van der Waals surface area (Å²) in [7, 11) is -3.60. The molecular formula is C19H22ClNO3S2. The third-order valence-corrected chi connectivity index (χ3v) is 7.82. The molecule has 0 amide bonds. The second kappa shape index (κ2) is 8.65. The maximum Gasteiger partial charge on any atom is 0.244 e. The van der Waals surface area contributed by atoms with Crippen LogP contribution < -0.4 is 4.74 Å². The number of rotatable bonds is 7. The molecule has 1 atom stereocenters. The highest BCUT2D eigenvalue weighted by atomic mass is 35.5. The third-order valence-electron chi connectivity index (χ3n) is 4.22. The van der Waals surface area contributed by atoms with Crippen molar-refractivity contribution in [2.75, 3.05) is 18.9 Å². The van der Waals surface area contributed by atoms with Crippen LogP contribution in [0.3, 0.4) is 0 Å². The van der Waals surface area contributed by atoms with Crippen molar-refractivity contribution < 1.29 is 13.2 Å². The molecule has 1 heterocycles. The van der Waals surface area contributed by atoms with Gasteiger partial charge in [0.2, 0.25) is 10.0 Å². The van der Waals surface area contributed by atoms with Crippen LogP contribution in [0.4, 0.5) is 0 Å². The lowest BCUT2D eigenvalue weighted by Gasteiger charge is -2.24. The molecule has 1 saturated heterocycles. The Labute approximate surface area is 164 Å². The number of hydrogen-bond acceptors (Lipinski definition) is 4. The van der Waals surface area contributed by atoms with Crippen LogP contribution in [0.1, 0.15) is 30.7 Å². The van der Waals surface area contributed by atoms with Gasteiger partial charge in [-0.1, -0.05) is 43.1 Å². The number of halogens is 1. The average Bonchev–Trinajstić information content (AvgIpc) is 3.13. The summed E-state index contributed by atoms with van der Waals surface area (Å²) in [6.45, 7) is 3.21. The van der Waals surface area contributed by atoms with Gasteiger partial charge in [0.15, 0.2) is 0 Å². The summed E-state index contributed by atoms with van der Waals surface area (Å²) in [6.07, 6.45) is 2.03. The topological polar surface area (TPSA) is 46.6 Å². The molecule has 0 saturated carbocycles. The van der Waals surface area contributed by atoms with Gasteiger partial charge in [0, 0.05) is 17.3 Å². The maximum absolute atomic E-state index is 13.1. The maximum atomic E-state index is 13.1. The molecule has 1 unspecified atom stereocenters. The van der Waals surface area contributed by atoms with E-state index in [-0.39, 0.29) is 10.3 Å². The molecule has 1 aliphatic rings. The van der Waals surface area contributed by atoms with Crippen LogP contribution in [0, 0.1) is 0 Å². The summed E-state index contributed by atoms with van der Waals surface area (Å²) in [5.74, 6) is 1.43. The van der Waals surface area contributed by atoms with Crippen molar-refractivity contribution in [3.05, 3.63) is 59.1 Å². The summed E-state index contributed by atoms with van der Waals surface area (Å²) < 4.78 is 33.4. The van der Waals surface area contributed by atoms with Crippen molar-refractivity contribution in [2.24, 2.45) is 0 Å². The molecule has 2 aromatic rings. The molecule has 0 N–H and O–H groups in total. The van der Waals surface area contributed by atoms with Gasteiger partial charge in [-0.25, -0.2) is 8.42 Å². The Kier molecular flexibility index (Phi) is 6.51. The van der Waals surface area contributed by atoms with E-state index in [2.05, 4.69) is 6.92 Å². The minimum absolute atomic E-state index is 0.278. The predicted molar refractivity (Wildman–Crippen MR) is 107 cm³/mol. The van der Waals surface area contributed by atoms with Crippen LogP contribution in [0.15, 0.2) is 53.4 Å². The highest BCUT2D eigenvalue weighted by Crippen LogP contribution is 2.43. The van der Waals surface area contributed by atoms with E-state index < -0.39 is 10.0 Å².